The first-order chi connectivity index (χ1) is 19.1. The van der Waals surface area contributed by atoms with Crippen LogP contribution in [0.1, 0.15) is 130 Å². The maximum atomic E-state index is 9.51. The van der Waals surface area contributed by atoms with Crippen LogP contribution in [0, 0.1) is 23.7 Å². The molecule has 6 unspecified atom stereocenters. The molecule has 0 aromatic carbocycles. The predicted molar refractivity (Wildman–Crippen MR) is 204 cm³/mol. The molecule has 264 valence electrons. The lowest BCUT2D eigenvalue weighted by molar-refractivity contribution is 0.143. The molecule has 1 saturated heterocycles. The number of rotatable bonds is 19. The SMILES string of the molecule is C.CC(C)CC(C)OP(=S)(OC(C)CC(C)C)SCC(C)O.CC(C)CC(C)OP(=S)(S)OC(C)CC(C)C.CC1CO1. The van der Waals surface area contributed by atoms with Crippen LogP contribution in [0.2, 0.25) is 0 Å². The highest BCUT2D eigenvalue weighted by Gasteiger charge is 2.27. The van der Waals surface area contributed by atoms with Crippen LogP contribution in [0.15, 0.2) is 0 Å². The van der Waals surface area contributed by atoms with Crippen LogP contribution in [-0.4, -0.2) is 54.1 Å². The summed E-state index contributed by atoms with van der Waals surface area (Å²) in [6.45, 7) is 30.4. The summed E-state index contributed by atoms with van der Waals surface area (Å²) in [6.07, 6.45) is 4.50. The molecule has 1 heterocycles. The van der Waals surface area contributed by atoms with Crippen molar-refractivity contribution >= 4 is 58.6 Å². The van der Waals surface area contributed by atoms with Crippen molar-refractivity contribution in [2.24, 2.45) is 23.7 Å². The van der Waals surface area contributed by atoms with Crippen molar-refractivity contribution < 1.29 is 27.9 Å². The van der Waals surface area contributed by atoms with Gasteiger partial charge in [-0.05, 0) is 115 Å². The van der Waals surface area contributed by atoms with Crippen molar-refractivity contribution in [3.63, 3.8) is 0 Å². The van der Waals surface area contributed by atoms with Crippen molar-refractivity contribution in [2.45, 2.75) is 167 Å². The van der Waals surface area contributed by atoms with E-state index in [1.165, 1.54) is 11.4 Å². The fraction of sp³-hybridized carbons (Fsp3) is 1.00. The molecule has 43 heavy (non-hydrogen) atoms. The topological polar surface area (TPSA) is 69.7 Å². The molecule has 6 nitrogen and oxygen atoms in total. The zero-order valence-electron chi connectivity index (χ0n) is 29.1. The molecule has 6 atom stereocenters. The fourth-order valence-corrected chi connectivity index (χ4v) is 12.6. The van der Waals surface area contributed by atoms with Crippen LogP contribution in [0.25, 0.3) is 0 Å². The quantitative estimate of drug-likeness (QED) is 0.0768. The van der Waals surface area contributed by atoms with Crippen molar-refractivity contribution in [3.05, 3.63) is 0 Å². The average molecular weight is 729 g/mol. The number of aliphatic hydroxyl groups excluding tert-OH is 1. The van der Waals surface area contributed by atoms with Crippen molar-refractivity contribution in [1.29, 1.82) is 0 Å². The minimum Gasteiger partial charge on any atom is -0.393 e. The first-order valence-corrected chi connectivity index (χ1v) is 23.7. The molecule has 0 amide bonds. The predicted octanol–water partition coefficient (Wildman–Crippen LogP) is 11.3. The molecule has 1 fully saturated rings. The first kappa shape index (κ1) is 49.2. The van der Waals surface area contributed by atoms with Crippen molar-refractivity contribution in [3.8, 4) is 0 Å². The van der Waals surface area contributed by atoms with Gasteiger partial charge >= 0.3 is 0 Å². The van der Waals surface area contributed by atoms with Crippen molar-refractivity contribution in [1.82, 2.24) is 0 Å². The number of thiol groups is 1. The van der Waals surface area contributed by atoms with E-state index < -0.39 is 17.5 Å². The maximum Gasteiger partial charge on any atom is 0.247 e. The third-order valence-electron chi connectivity index (χ3n) is 5.43. The largest absolute Gasteiger partial charge is 0.393 e. The Morgan fingerprint density at radius 1 is 0.698 bits per heavy atom. The Balaban J connectivity index is -0.000000651. The minimum absolute atomic E-state index is 0. The molecule has 0 aromatic rings. The third-order valence-corrected chi connectivity index (χ3v) is 13.3. The molecule has 0 aliphatic carbocycles. The van der Waals surface area contributed by atoms with Gasteiger partial charge in [-0.3, -0.25) is 0 Å². The Labute approximate surface area is 287 Å². The average Bonchev–Trinajstić information content (AvgIpc) is 3.51. The van der Waals surface area contributed by atoms with Gasteiger partial charge in [-0.15, -0.1) is 0 Å². The summed E-state index contributed by atoms with van der Waals surface area (Å²) in [5.41, 5.74) is -4.80. The summed E-state index contributed by atoms with van der Waals surface area (Å²) in [7, 11) is 0. The Kier molecular flexibility index (Phi) is 29.4. The van der Waals surface area contributed by atoms with E-state index in [0.29, 0.717) is 35.5 Å². The Morgan fingerprint density at radius 3 is 1.16 bits per heavy atom. The summed E-state index contributed by atoms with van der Waals surface area (Å²) in [5.74, 6) is 2.89. The summed E-state index contributed by atoms with van der Waals surface area (Å²) >= 11 is 16.9. The molecule has 1 rings (SSSR count). The van der Waals surface area contributed by atoms with E-state index >= 15 is 0 Å². The zero-order valence-corrected chi connectivity index (χ0v) is 34.2. The highest BCUT2D eigenvalue weighted by molar-refractivity contribution is 8.67. The van der Waals surface area contributed by atoms with Crippen molar-refractivity contribution in [2.75, 3.05) is 12.4 Å². The second-order valence-corrected chi connectivity index (χ2v) is 24.8. The lowest BCUT2D eigenvalue weighted by atomic mass is 10.1. The second kappa shape index (κ2) is 25.7. The van der Waals surface area contributed by atoms with Gasteiger partial charge in [0.15, 0.2) is 0 Å². The maximum absolute atomic E-state index is 9.51. The van der Waals surface area contributed by atoms with Crippen LogP contribution in [0.3, 0.4) is 0 Å². The van der Waals surface area contributed by atoms with E-state index in [-0.39, 0.29) is 31.8 Å². The smallest absolute Gasteiger partial charge is 0.247 e. The number of hydrogen-bond donors (Lipinski definition) is 2. The zero-order chi connectivity index (χ0) is 33.3. The molecule has 0 bridgehead atoms. The summed E-state index contributed by atoms with van der Waals surface area (Å²) < 4.78 is 28.5. The number of ether oxygens (including phenoxy) is 1. The molecule has 1 aliphatic heterocycles. The molecule has 0 radical (unpaired) electrons. The van der Waals surface area contributed by atoms with Gasteiger partial charge in [-0.1, -0.05) is 86.4 Å². The normalized spacial score (nSPS) is 20.9. The van der Waals surface area contributed by atoms with Gasteiger partial charge in [0.05, 0.1) is 43.2 Å². The Hall–Kier alpha value is 1.76. The molecule has 0 saturated carbocycles. The lowest BCUT2D eigenvalue weighted by Gasteiger charge is -2.29. The number of hydrogen-bond acceptors (Lipinski definition) is 9. The minimum atomic E-state index is -2.41. The molecule has 0 spiro atoms. The molecular weight excluding hydrogens is 659 g/mol. The number of epoxide rings is 1. The number of aliphatic hydroxyl groups is 1. The van der Waals surface area contributed by atoms with Crippen LogP contribution in [0.5, 0.6) is 0 Å². The van der Waals surface area contributed by atoms with E-state index in [0.717, 1.165) is 32.3 Å². The lowest BCUT2D eigenvalue weighted by Crippen LogP contribution is -2.15. The van der Waals surface area contributed by atoms with Gasteiger partial charge in [0.2, 0.25) is 11.4 Å². The summed E-state index contributed by atoms with van der Waals surface area (Å²) in [6, 6.07) is 0. The van der Waals surface area contributed by atoms with E-state index in [1.807, 2.05) is 13.8 Å². The molecule has 1 N–H and O–H groups in total. The second-order valence-electron chi connectivity index (χ2n) is 13.4. The Bertz CT molecular complexity index is 723. The standard InChI is InChI=1S/C15H33O3PS2.C12H27O2PS2.C3H6O.CH4/c1-11(2)8-14(6)17-19(20,21-10-13(5)16)18-15(7)9-12(3)4;1-9(2)7-11(5)13-15(16,17)14-12(6)8-10(3)4;1-3-2-4-3;/h11-16H,8-10H2,1-7H3;9-12H,7-8H2,1-6H3,(H,16,17);3H,2H2,1H3;1H4. The Morgan fingerprint density at radius 2 is 0.953 bits per heavy atom. The highest BCUT2D eigenvalue weighted by atomic mass is 32.9. The van der Waals surface area contributed by atoms with E-state index in [9.17, 15) is 5.11 Å². The van der Waals surface area contributed by atoms with Gasteiger partial charge in [0, 0.05) is 5.75 Å². The molecule has 0 aromatic heterocycles. The van der Waals surface area contributed by atoms with Crippen LogP contribution in [-0.2, 0) is 46.4 Å². The van der Waals surface area contributed by atoms with Gasteiger partial charge < -0.3 is 27.9 Å². The summed E-state index contributed by atoms with van der Waals surface area (Å²) in [5, 5.41) is 9.51. The van der Waals surface area contributed by atoms with Gasteiger partial charge in [-0.25, -0.2) is 0 Å². The molecule has 1 aliphatic rings. The van der Waals surface area contributed by atoms with E-state index in [2.05, 4.69) is 88.4 Å². The van der Waals surface area contributed by atoms with E-state index in [4.69, 9.17) is 46.4 Å². The van der Waals surface area contributed by atoms with Crippen LogP contribution < -0.4 is 0 Å². The van der Waals surface area contributed by atoms with Gasteiger partial charge in [0.1, 0.15) is 0 Å². The van der Waals surface area contributed by atoms with Crippen LogP contribution in [0.4, 0.5) is 0 Å². The third kappa shape index (κ3) is 34.9. The summed E-state index contributed by atoms with van der Waals surface area (Å²) in [4.78, 5) is 0. The molecular formula is C31H70O6P2S4. The van der Waals surface area contributed by atoms with Gasteiger partial charge in [0.25, 0.3) is 0 Å². The molecule has 12 heteroatoms. The monoisotopic (exact) mass is 728 g/mol. The fourth-order valence-electron chi connectivity index (χ4n) is 4.13. The highest BCUT2D eigenvalue weighted by Crippen LogP contribution is 2.63. The van der Waals surface area contributed by atoms with Crippen LogP contribution >= 0.6 is 35.0 Å². The first-order valence-electron chi connectivity index (χ1n) is 15.7. The van der Waals surface area contributed by atoms with E-state index in [1.54, 1.807) is 6.92 Å². The van der Waals surface area contributed by atoms with Gasteiger partial charge in [-0.2, -0.15) is 0 Å².